The zero-order chi connectivity index (χ0) is 14.0. The van der Waals surface area contributed by atoms with Crippen LogP contribution >= 0.6 is 0 Å². The van der Waals surface area contributed by atoms with Gasteiger partial charge in [0, 0.05) is 11.7 Å². The lowest BCUT2D eigenvalue weighted by molar-refractivity contribution is -0.137. The first-order valence-electron chi connectivity index (χ1n) is 5.63. The van der Waals surface area contributed by atoms with Gasteiger partial charge in [0.15, 0.2) is 0 Å². The van der Waals surface area contributed by atoms with Gasteiger partial charge in [-0.1, -0.05) is 0 Å². The van der Waals surface area contributed by atoms with Gasteiger partial charge in [0.2, 0.25) is 0 Å². The molecule has 0 bridgehead atoms. The summed E-state index contributed by atoms with van der Waals surface area (Å²) in [5.41, 5.74) is -1.30. The lowest BCUT2D eigenvalue weighted by Gasteiger charge is -2.30. The highest BCUT2D eigenvalue weighted by Crippen LogP contribution is 2.30. The molecule has 18 heavy (non-hydrogen) atoms. The quantitative estimate of drug-likeness (QED) is 0.854. The molecule has 104 valence electrons. The Morgan fingerprint density at radius 1 is 1.50 bits per heavy atom. The van der Waals surface area contributed by atoms with E-state index in [1.54, 1.807) is 20.9 Å². The molecule has 0 saturated carbocycles. The van der Waals surface area contributed by atoms with E-state index in [-0.39, 0.29) is 12.6 Å². The van der Waals surface area contributed by atoms with Crippen LogP contribution in [0.5, 0.6) is 0 Å². The molecule has 0 saturated heterocycles. The molecule has 1 aromatic rings. The second kappa shape index (κ2) is 5.27. The van der Waals surface area contributed by atoms with Crippen molar-refractivity contribution in [2.45, 2.75) is 38.0 Å². The summed E-state index contributed by atoms with van der Waals surface area (Å²) in [7, 11) is 1.70. The molecule has 1 rings (SSSR count). The number of aliphatic hydroxyl groups excluding tert-OH is 1. The zero-order valence-corrected chi connectivity index (χ0v) is 10.6. The number of aliphatic hydroxyl groups is 1. The van der Waals surface area contributed by atoms with Crippen LogP contribution in [0.2, 0.25) is 0 Å². The minimum absolute atomic E-state index is 0.0960. The Hall–Kier alpha value is -1.08. The van der Waals surface area contributed by atoms with Crippen molar-refractivity contribution in [1.82, 2.24) is 15.1 Å². The standard InChI is InChI=1S/C11H18F3N3O/c1-8(4-10(2,7-18)15-3)17-6-9(5-16-17)11(12,13)14/h5-6,8,15,18H,4,7H2,1-3H3. The molecule has 2 atom stereocenters. The summed E-state index contributed by atoms with van der Waals surface area (Å²) in [5, 5.41) is 15.9. The Bertz CT molecular complexity index is 385. The van der Waals surface area contributed by atoms with E-state index >= 15 is 0 Å². The molecule has 2 unspecified atom stereocenters. The molecule has 0 fully saturated rings. The van der Waals surface area contributed by atoms with Crippen LogP contribution < -0.4 is 5.32 Å². The Morgan fingerprint density at radius 3 is 2.50 bits per heavy atom. The lowest BCUT2D eigenvalue weighted by Crippen LogP contribution is -2.45. The fourth-order valence-corrected chi connectivity index (χ4v) is 1.72. The van der Waals surface area contributed by atoms with E-state index < -0.39 is 17.3 Å². The maximum absolute atomic E-state index is 12.4. The molecular weight excluding hydrogens is 247 g/mol. The van der Waals surface area contributed by atoms with Crippen molar-refractivity contribution in [3.8, 4) is 0 Å². The highest BCUT2D eigenvalue weighted by atomic mass is 19.4. The molecule has 0 amide bonds. The third-order valence-corrected chi connectivity index (χ3v) is 3.08. The van der Waals surface area contributed by atoms with Crippen LogP contribution in [0.25, 0.3) is 0 Å². The van der Waals surface area contributed by atoms with Gasteiger partial charge >= 0.3 is 6.18 Å². The average Bonchev–Trinajstić information content (AvgIpc) is 2.77. The number of alkyl halides is 3. The molecule has 0 spiro atoms. The number of hydrogen-bond acceptors (Lipinski definition) is 3. The smallest absolute Gasteiger partial charge is 0.394 e. The van der Waals surface area contributed by atoms with Crippen LogP contribution in [-0.4, -0.2) is 34.1 Å². The van der Waals surface area contributed by atoms with E-state index in [1.807, 2.05) is 0 Å². The van der Waals surface area contributed by atoms with Crippen molar-refractivity contribution in [2.75, 3.05) is 13.7 Å². The highest BCUT2D eigenvalue weighted by molar-refractivity contribution is 5.09. The van der Waals surface area contributed by atoms with Gasteiger partial charge in [0.05, 0.1) is 24.4 Å². The van der Waals surface area contributed by atoms with Crippen molar-refractivity contribution < 1.29 is 18.3 Å². The summed E-state index contributed by atoms with van der Waals surface area (Å²) in [6, 6.07) is -0.245. The number of halogens is 3. The van der Waals surface area contributed by atoms with Crippen LogP contribution in [0, 0.1) is 0 Å². The maximum Gasteiger partial charge on any atom is 0.419 e. The summed E-state index contributed by atoms with van der Waals surface area (Å²) >= 11 is 0. The van der Waals surface area contributed by atoms with Crippen LogP contribution in [-0.2, 0) is 6.18 Å². The number of likely N-dealkylation sites (N-methyl/N-ethyl adjacent to an activating group) is 1. The largest absolute Gasteiger partial charge is 0.419 e. The SMILES string of the molecule is CNC(C)(CO)CC(C)n1cc(C(F)(F)F)cn1. The first kappa shape index (κ1) is 15.0. The summed E-state index contributed by atoms with van der Waals surface area (Å²) in [6.45, 7) is 3.47. The normalized spacial score (nSPS) is 17.5. The number of nitrogens with zero attached hydrogens (tertiary/aromatic N) is 2. The maximum atomic E-state index is 12.4. The van der Waals surface area contributed by atoms with E-state index in [1.165, 1.54) is 4.68 Å². The summed E-state index contributed by atoms with van der Waals surface area (Å²) < 4.78 is 38.6. The van der Waals surface area contributed by atoms with E-state index in [4.69, 9.17) is 0 Å². The van der Waals surface area contributed by atoms with Crippen LogP contribution in [0.3, 0.4) is 0 Å². The summed E-state index contributed by atoms with van der Waals surface area (Å²) in [4.78, 5) is 0. The minimum atomic E-state index is -4.37. The Balaban J connectivity index is 2.79. The van der Waals surface area contributed by atoms with E-state index in [0.29, 0.717) is 6.42 Å². The molecule has 1 heterocycles. The fraction of sp³-hybridized carbons (Fsp3) is 0.727. The van der Waals surface area contributed by atoms with Gasteiger partial charge < -0.3 is 10.4 Å². The monoisotopic (exact) mass is 265 g/mol. The van der Waals surface area contributed by atoms with Gasteiger partial charge in [-0.25, -0.2) is 0 Å². The van der Waals surface area contributed by atoms with Gasteiger partial charge in [-0.05, 0) is 27.3 Å². The van der Waals surface area contributed by atoms with Crippen LogP contribution in [0.4, 0.5) is 13.2 Å². The minimum Gasteiger partial charge on any atom is -0.394 e. The Labute approximate surface area is 104 Å². The Morgan fingerprint density at radius 2 is 2.11 bits per heavy atom. The number of rotatable bonds is 5. The zero-order valence-electron chi connectivity index (χ0n) is 10.6. The molecule has 0 radical (unpaired) electrons. The molecule has 0 aliphatic rings. The predicted molar refractivity (Wildman–Crippen MR) is 61.1 cm³/mol. The van der Waals surface area contributed by atoms with Gasteiger partial charge in [-0.2, -0.15) is 18.3 Å². The second-order valence-corrected chi connectivity index (χ2v) is 4.73. The fourth-order valence-electron chi connectivity index (χ4n) is 1.72. The first-order valence-corrected chi connectivity index (χ1v) is 5.63. The third-order valence-electron chi connectivity index (χ3n) is 3.08. The molecule has 0 aliphatic carbocycles. The molecule has 4 nitrogen and oxygen atoms in total. The van der Waals surface area contributed by atoms with Gasteiger partial charge in [-0.3, -0.25) is 4.68 Å². The molecular formula is C11H18F3N3O. The summed E-state index contributed by atoms with van der Waals surface area (Å²) in [5.74, 6) is 0. The highest BCUT2D eigenvalue weighted by Gasteiger charge is 2.33. The third kappa shape index (κ3) is 3.46. The topological polar surface area (TPSA) is 50.1 Å². The van der Waals surface area contributed by atoms with E-state index in [0.717, 1.165) is 12.4 Å². The van der Waals surface area contributed by atoms with E-state index in [2.05, 4.69) is 10.4 Å². The van der Waals surface area contributed by atoms with Crippen LogP contribution in [0.15, 0.2) is 12.4 Å². The molecule has 0 aromatic carbocycles. The predicted octanol–water partition coefficient (Wildman–Crippen LogP) is 1.82. The Kier molecular flexibility index (Phi) is 4.39. The second-order valence-electron chi connectivity index (χ2n) is 4.73. The van der Waals surface area contributed by atoms with Crippen molar-refractivity contribution in [1.29, 1.82) is 0 Å². The van der Waals surface area contributed by atoms with Gasteiger partial charge in [0.25, 0.3) is 0 Å². The van der Waals surface area contributed by atoms with Gasteiger partial charge in [0.1, 0.15) is 0 Å². The number of hydrogen-bond donors (Lipinski definition) is 2. The number of aromatic nitrogens is 2. The van der Waals surface area contributed by atoms with Crippen molar-refractivity contribution in [2.24, 2.45) is 0 Å². The van der Waals surface area contributed by atoms with E-state index in [9.17, 15) is 18.3 Å². The van der Waals surface area contributed by atoms with Crippen molar-refractivity contribution >= 4 is 0 Å². The average molecular weight is 265 g/mol. The molecule has 1 aromatic heterocycles. The molecule has 0 aliphatic heterocycles. The van der Waals surface area contributed by atoms with Crippen molar-refractivity contribution in [3.63, 3.8) is 0 Å². The summed E-state index contributed by atoms with van der Waals surface area (Å²) in [6.07, 6.45) is -2.11. The van der Waals surface area contributed by atoms with Gasteiger partial charge in [-0.15, -0.1) is 0 Å². The molecule has 7 heteroatoms. The number of nitrogens with one attached hydrogen (secondary N) is 1. The van der Waals surface area contributed by atoms with Crippen LogP contribution in [0.1, 0.15) is 31.9 Å². The molecule has 2 N–H and O–H groups in total. The van der Waals surface area contributed by atoms with Crippen molar-refractivity contribution in [3.05, 3.63) is 18.0 Å². The first-order chi connectivity index (χ1) is 8.22. The lowest BCUT2D eigenvalue weighted by atomic mass is 9.95.